The van der Waals surface area contributed by atoms with Crippen LogP contribution in [-0.4, -0.2) is 23.7 Å². The highest BCUT2D eigenvalue weighted by Gasteiger charge is 2.20. The number of hydrogen-bond acceptors (Lipinski definition) is 4. The smallest absolute Gasteiger partial charge is 0.338 e. The van der Waals surface area contributed by atoms with Crippen LogP contribution in [0, 0.1) is 0 Å². The largest absolute Gasteiger partial charge is 0.462 e. The zero-order chi connectivity index (χ0) is 16.8. The summed E-state index contributed by atoms with van der Waals surface area (Å²) in [7, 11) is 0. The van der Waals surface area contributed by atoms with Crippen LogP contribution in [0.1, 0.15) is 41.8 Å². The van der Waals surface area contributed by atoms with Crippen LogP contribution in [0.15, 0.2) is 30.3 Å². The molecule has 0 aromatic rings. The van der Waals surface area contributed by atoms with Crippen LogP contribution in [0.25, 0.3) is 11.1 Å². The van der Waals surface area contributed by atoms with Crippen molar-refractivity contribution < 1.29 is 19.5 Å². The Kier molecular flexibility index (Phi) is 5.71. The molecular formula is C18H21NO4. The van der Waals surface area contributed by atoms with Crippen LogP contribution in [0.5, 0.6) is 0 Å². The fraction of sp³-hybridized carbons (Fsp3) is 0.333. The average molecular weight is 315 g/mol. The second kappa shape index (κ2) is 7.74. The molecule has 0 saturated carbocycles. The first-order chi connectivity index (χ1) is 11.1. The van der Waals surface area contributed by atoms with E-state index in [2.05, 4.69) is 6.92 Å². The Bertz CT molecular complexity index is 681. The van der Waals surface area contributed by atoms with E-state index in [1.807, 2.05) is 24.3 Å². The van der Waals surface area contributed by atoms with Crippen molar-refractivity contribution in [3.8, 4) is 11.1 Å². The van der Waals surface area contributed by atoms with E-state index in [0.717, 1.165) is 35.1 Å². The van der Waals surface area contributed by atoms with E-state index in [1.165, 1.54) is 0 Å². The van der Waals surface area contributed by atoms with Gasteiger partial charge in [0.15, 0.2) is 0 Å². The molecule has 0 spiro atoms. The lowest BCUT2D eigenvalue weighted by Gasteiger charge is -2.01. The molecule has 0 fully saturated rings. The fourth-order valence-corrected chi connectivity index (χ4v) is 2.66. The van der Waals surface area contributed by atoms with E-state index in [0.29, 0.717) is 12.2 Å². The molecule has 1 amide bonds. The van der Waals surface area contributed by atoms with E-state index >= 15 is 0 Å². The quantitative estimate of drug-likeness (QED) is 0.488. The van der Waals surface area contributed by atoms with Gasteiger partial charge >= 0.3 is 5.97 Å². The highest BCUT2D eigenvalue weighted by molar-refractivity contribution is 6.00. The van der Waals surface area contributed by atoms with Crippen molar-refractivity contribution in [2.45, 2.75) is 33.1 Å². The van der Waals surface area contributed by atoms with Crippen molar-refractivity contribution in [3.63, 3.8) is 0 Å². The SMILES string of the molecule is CCCc1cc(C(=O)OCC)c2ccc(CC(=O)NO)ccc1-2. The number of rotatable bonds is 6. The van der Waals surface area contributed by atoms with Gasteiger partial charge in [0, 0.05) is 0 Å². The summed E-state index contributed by atoms with van der Waals surface area (Å²) in [5.74, 6) is -0.809. The third-order valence-electron chi connectivity index (χ3n) is 3.68. The van der Waals surface area contributed by atoms with Gasteiger partial charge in [0.25, 0.3) is 0 Å². The first kappa shape index (κ1) is 17.0. The molecule has 2 N–H and O–H groups in total. The van der Waals surface area contributed by atoms with Gasteiger partial charge in [-0.2, -0.15) is 0 Å². The predicted molar refractivity (Wildman–Crippen MR) is 86.6 cm³/mol. The summed E-state index contributed by atoms with van der Waals surface area (Å²) in [5, 5.41) is 8.64. The summed E-state index contributed by atoms with van der Waals surface area (Å²) in [6, 6.07) is 9.28. The van der Waals surface area contributed by atoms with Gasteiger partial charge in [-0.15, -0.1) is 0 Å². The summed E-state index contributed by atoms with van der Waals surface area (Å²) in [4.78, 5) is 23.5. The molecule has 0 saturated heterocycles. The second-order valence-corrected chi connectivity index (χ2v) is 5.33. The molecule has 2 rings (SSSR count). The minimum Gasteiger partial charge on any atom is -0.462 e. The zero-order valence-corrected chi connectivity index (χ0v) is 13.4. The number of esters is 1. The van der Waals surface area contributed by atoms with Gasteiger partial charge in [0.05, 0.1) is 18.6 Å². The molecule has 0 unspecified atom stereocenters. The maximum absolute atomic E-state index is 12.2. The highest BCUT2D eigenvalue weighted by Crippen LogP contribution is 2.33. The number of carbonyl (C=O) groups is 2. The maximum Gasteiger partial charge on any atom is 0.338 e. The lowest BCUT2D eigenvalue weighted by Crippen LogP contribution is -2.20. The number of amides is 1. The number of hydrogen-bond donors (Lipinski definition) is 2. The zero-order valence-electron chi connectivity index (χ0n) is 13.4. The number of nitrogens with one attached hydrogen (secondary N) is 1. The predicted octanol–water partition coefficient (Wildman–Crippen LogP) is 2.97. The third-order valence-corrected chi connectivity index (χ3v) is 3.68. The average Bonchev–Trinajstić information content (AvgIpc) is 2.74. The molecule has 0 aromatic carbocycles. The lowest BCUT2D eigenvalue weighted by molar-refractivity contribution is -0.128. The molecule has 23 heavy (non-hydrogen) atoms. The summed E-state index contributed by atoms with van der Waals surface area (Å²) in [5.41, 5.74) is 5.84. The van der Waals surface area contributed by atoms with E-state index in [9.17, 15) is 9.59 Å². The van der Waals surface area contributed by atoms with E-state index in [1.54, 1.807) is 18.5 Å². The topological polar surface area (TPSA) is 75.6 Å². The van der Waals surface area contributed by atoms with E-state index in [4.69, 9.17) is 9.94 Å². The van der Waals surface area contributed by atoms with Crippen molar-refractivity contribution in [1.82, 2.24) is 5.48 Å². The number of hydroxylamine groups is 1. The minimum atomic E-state index is -0.477. The Morgan fingerprint density at radius 1 is 1.13 bits per heavy atom. The summed E-state index contributed by atoms with van der Waals surface area (Å²) >= 11 is 0. The van der Waals surface area contributed by atoms with Crippen molar-refractivity contribution in [1.29, 1.82) is 0 Å². The Balaban J connectivity index is 2.48. The van der Waals surface area contributed by atoms with Crippen LogP contribution < -0.4 is 5.48 Å². The number of fused-ring (bicyclic) bond motifs is 1. The van der Waals surface area contributed by atoms with Crippen molar-refractivity contribution in [2.75, 3.05) is 6.61 Å². The first-order valence-corrected chi connectivity index (χ1v) is 7.75. The normalized spacial score (nSPS) is 10.6. The summed E-state index contributed by atoms with van der Waals surface area (Å²) < 4.78 is 5.13. The lowest BCUT2D eigenvalue weighted by atomic mass is 10.1. The van der Waals surface area contributed by atoms with Gasteiger partial charge in [-0.1, -0.05) is 37.6 Å². The summed E-state index contributed by atoms with van der Waals surface area (Å²) in [6.07, 6.45) is 1.91. The molecule has 0 aliphatic heterocycles. The second-order valence-electron chi connectivity index (χ2n) is 5.33. The molecule has 2 aliphatic carbocycles. The molecule has 0 aromatic heterocycles. The molecule has 0 bridgehead atoms. The molecule has 122 valence electrons. The summed E-state index contributed by atoms with van der Waals surface area (Å²) in [6.45, 7) is 4.19. The molecule has 5 heteroatoms. The molecular weight excluding hydrogens is 294 g/mol. The van der Waals surface area contributed by atoms with E-state index < -0.39 is 5.91 Å². The first-order valence-electron chi connectivity index (χ1n) is 7.75. The molecule has 2 aliphatic rings. The minimum absolute atomic E-state index is 0.0750. The number of ether oxygens (including phenoxy) is 1. The molecule has 0 atom stereocenters. The number of carbonyl (C=O) groups excluding carboxylic acids is 2. The third kappa shape index (κ3) is 3.87. The van der Waals surface area contributed by atoms with Crippen LogP contribution in [0.2, 0.25) is 0 Å². The Labute approximate surface area is 135 Å². The van der Waals surface area contributed by atoms with Gasteiger partial charge in [-0.25, -0.2) is 10.3 Å². The van der Waals surface area contributed by atoms with E-state index in [-0.39, 0.29) is 12.4 Å². The van der Waals surface area contributed by atoms with Gasteiger partial charge in [0.2, 0.25) is 5.91 Å². The van der Waals surface area contributed by atoms with Gasteiger partial charge in [-0.3, -0.25) is 10.0 Å². The Hall–Kier alpha value is -2.40. The van der Waals surface area contributed by atoms with Crippen molar-refractivity contribution in [2.24, 2.45) is 0 Å². The monoisotopic (exact) mass is 315 g/mol. The van der Waals surface area contributed by atoms with Gasteiger partial charge in [-0.05, 0) is 41.7 Å². The molecule has 0 radical (unpaired) electrons. The standard InChI is InChI=1S/C18H21NO4/c1-3-5-13-11-16(18(21)23-4-2)15-9-7-12(6-8-14(13)15)10-17(20)19-22/h6-9,11,22H,3-5,10H2,1-2H3,(H,19,20). The van der Waals surface area contributed by atoms with Crippen LogP contribution >= 0.6 is 0 Å². The molecule has 0 heterocycles. The Morgan fingerprint density at radius 3 is 2.43 bits per heavy atom. The van der Waals surface area contributed by atoms with Crippen LogP contribution in [0.4, 0.5) is 0 Å². The Morgan fingerprint density at radius 2 is 1.83 bits per heavy atom. The van der Waals surface area contributed by atoms with Gasteiger partial charge < -0.3 is 4.74 Å². The fourth-order valence-electron chi connectivity index (χ4n) is 2.66. The maximum atomic E-state index is 12.2. The molecule has 5 nitrogen and oxygen atoms in total. The van der Waals surface area contributed by atoms with Crippen LogP contribution in [-0.2, 0) is 22.4 Å². The highest BCUT2D eigenvalue weighted by atomic mass is 16.5. The van der Waals surface area contributed by atoms with Crippen molar-refractivity contribution >= 4 is 11.9 Å². The number of aryl methyl sites for hydroxylation is 1. The van der Waals surface area contributed by atoms with Crippen molar-refractivity contribution in [3.05, 3.63) is 47.0 Å². The van der Waals surface area contributed by atoms with Crippen LogP contribution in [0.3, 0.4) is 0 Å². The van der Waals surface area contributed by atoms with Gasteiger partial charge in [0.1, 0.15) is 0 Å².